The van der Waals surface area contributed by atoms with Gasteiger partial charge in [-0.25, -0.2) is 4.39 Å². The van der Waals surface area contributed by atoms with Gasteiger partial charge in [0.05, 0.1) is 12.2 Å². The van der Waals surface area contributed by atoms with Crippen molar-refractivity contribution in [1.82, 2.24) is 4.90 Å². The summed E-state index contributed by atoms with van der Waals surface area (Å²) < 4.78 is 19.2. The lowest BCUT2D eigenvalue weighted by atomic mass is 9.98. The largest absolute Gasteiger partial charge is 0.375 e. The summed E-state index contributed by atoms with van der Waals surface area (Å²) in [6, 6.07) is 0.606. The Morgan fingerprint density at radius 1 is 1.07 bits per heavy atom. The number of likely N-dealkylation sites (tertiary alicyclic amines) is 1. The van der Waals surface area contributed by atoms with Crippen molar-refractivity contribution in [3.05, 3.63) is 0 Å². The van der Waals surface area contributed by atoms with Crippen LogP contribution in [0.5, 0.6) is 0 Å². The summed E-state index contributed by atoms with van der Waals surface area (Å²) >= 11 is 0. The van der Waals surface area contributed by atoms with Crippen LogP contribution in [-0.4, -0.2) is 42.4 Å². The Bertz CT molecular complexity index is 224. The van der Waals surface area contributed by atoms with E-state index in [0.717, 1.165) is 32.2 Å². The van der Waals surface area contributed by atoms with Gasteiger partial charge >= 0.3 is 0 Å². The fraction of sp³-hybridized carbons (Fsp3) is 1.00. The van der Waals surface area contributed by atoms with Gasteiger partial charge in [-0.05, 0) is 45.1 Å². The minimum atomic E-state index is -0.584. The van der Waals surface area contributed by atoms with Gasteiger partial charge in [0, 0.05) is 12.6 Å². The molecule has 3 aliphatic rings. The highest BCUT2D eigenvalue weighted by Crippen LogP contribution is 2.35. The van der Waals surface area contributed by atoms with Crippen molar-refractivity contribution in [2.75, 3.05) is 13.1 Å². The van der Waals surface area contributed by atoms with E-state index in [0.29, 0.717) is 24.8 Å². The zero-order valence-corrected chi connectivity index (χ0v) is 9.20. The summed E-state index contributed by atoms with van der Waals surface area (Å²) in [6.07, 6.45) is 6.93. The molecule has 3 heterocycles. The molecule has 3 fully saturated rings. The first kappa shape index (κ1) is 10.0. The maximum absolute atomic E-state index is 13.3. The van der Waals surface area contributed by atoms with Crippen LogP contribution in [0.1, 0.15) is 38.5 Å². The van der Waals surface area contributed by atoms with Crippen LogP contribution >= 0.6 is 0 Å². The molecule has 2 bridgehead atoms. The van der Waals surface area contributed by atoms with Crippen molar-refractivity contribution in [3.8, 4) is 0 Å². The maximum atomic E-state index is 13.3. The molecule has 15 heavy (non-hydrogen) atoms. The number of hydrogen-bond donors (Lipinski definition) is 0. The fourth-order valence-corrected chi connectivity index (χ4v) is 3.41. The Labute approximate surface area is 90.8 Å². The standard InChI is InChI=1S/C12H20FNO/c13-9-2-1-5-14(8-9)10-6-11-3-4-12(7-10)15-11/h9-12H,1-8H2/t9-,10?,11?,12?/m0/s1. The molecule has 3 saturated heterocycles. The van der Waals surface area contributed by atoms with Crippen molar-refractivity contribution in [3.63, 3.8) is 0 Å². The third kappa shape index (κ3) is 2.04. The Kier molecular flexibility index (Phi) is 2.69. The van der Waals surface area contributed by atoms with E-state index >= 15 is 0 Å². The molecule has 3 rings (SSSR count). The molecule has 86 valence electrons. The molecular weight excluding hydrogens is 193 g/mol. The molecule has 3 heteroatoms. The molecule has 3 atom stereocenters. The smallest absolute Gasteiger partial charge is 0.113 e. The average Bonchev–Trinajstić information content (AvgIpc) is 2.58. The van der Waals surface area contributed by atoms with Crippen molar-refractivity contribution in [1.29, 1.82) is 0 Å². The molecular formula is C12H20FNO. The number of ether oxygens (including phenoxy) is 1. The minimum Gasteiger partial charge on any atom is -0.375 e. The van der Waals surface area contributed by atoms with Crippen LogP contribution in [-0.2, 0) is 4.74 Å². The van der Waals surface area contributed by atoms with Gasteiger partial charge in [-0.15, -0.1) is 0 Å². The first-order valence-corrected chi connectivity index (χ1v) is 6.35. The van der Waals surface area contributed by atoms with Gasteiger partial charge in [-0.2, -0.15) is 0 Å². The topological polar surface area (TPSA) is 12.5 Å². The Hall–Kier alpha value is -0.150. The van der Waals surface area contributed by atoms with E-state index in [1.807, 2.05) is 0 Å². The lowest BCUT2D eigenvalue weighted by Gasteiger charge is -2.40. The molecule has 0 aromatic rings. The number of rotatable bonds is 1. The zero-order chi connectivity index (χ0) is 10.3. The van der Waals surface area contributed by atoms with Crippen molar-refractivity contribution in [2.45, 2.75) is 62.9 Å². The second-order valence-electron chi connectivity index (χ2n) is 5.32. The Morgan fingerprint density at radius 2 is 1.80 bits per heavy atom. The van der Waals surface area contributed by atoms with E-state index in [4.69, 9.17) is 4.74 Å². The number of hydrogen-bond acceptors (Lipinski definition) is 2. The molecule has 0 amide bonds. The van der Waals surface area contributed by atoms with Crippen LogP contribution in [0.2, 0.25) is 0 Å². The zero-order valence-electron chi connectivity index (χ0n) is 9.20. The van der Waals surface area contributed by atoms with Gasteiger partial charge in [0.2, 0.25) is 0 Å². The number of piperidine rings is 1. The van der Waals surface area contributed by atoms with Crippen LogP contribution < -0.4 is 0 Å². The SMILES string of the molecule is F[C@H]1CCCN(C2CC3CCC(C2)O3)C1. The van der Waals surface area contributed by atoms with E-state index in [1.54, 1.807) is 0 Å². The Balaban J connectivity index is 1.62. The minimum absolute atomic E-state index is 0.480. The number of nitrogens with zero attached hydrogens (tertiary/aromatic N) is 1. The van der Waals surface area contributed by atoms with E-state index in [-0.39, 0.29) is 0 Å². The summed E-state index contributed by atoms with van der Waals surface area (Å²) in [5.74, 6) is 0. The average molecular weight is 213 g/mol. The van der Waals surface area contributed by atoms with Crippen molar-refractivity contribution in [2.24, 2.45) is 0 Å². The highest BCUT2D eigenvalue weighted by atomic mass is 19.1. The Morgan fingerprint density at radius 3 is 2.47 bits per heavy atom. The number of halogens is 1. The summed E-state index contributed by atoms with van der Waals surface area (Å²) in [7, 11) is 0. The molecule has 0 aliphatic carbocycles. The van der Waals surface area contributed by atoms with Crippen LogP contribution in [0.4, 0.5) is 4.39 Å². The summed E-state index contributed by atoms with van der Waals surface area (Å²) in [5, 5.41) is 0. The van der Waals surface area contributed by atoms with E-state index < -0.39 is 6.17 Å². The van der Waals surface area contributed by atoms with Crippen LogP contribution in [0, 0.1) is 0 Å². The molecule has 0 aromatic heterocycles. The van der Waals surface area contributed by atoms with E-state index in [1.165, 1.54) is 12.8 Å². The molecule has 0 N–H and O–H groups in total. The lowest BCUT2D eigenvalue weighted by molar-refractivity contribution is -0.0457. The molecule has 0 aromatic carbocycles. The second kappa shape index (κ2) is 4.02. The summed E-state index contributed by atoms with van der Waals surface area (Å²) in [4.78, 5) is 2.38. The molecule has 3 aliphatic heterocycles. The van der Waals surface area contributed by atoms with Gasteiger partial charge < -0.3 is 4.74 Å². The monoisotopic (exact) mass is 213 g/mol. The van der Waals surface area contributed by atoms with Crippen LogP contribution in [0.15, 0.2) is 0 Å². The van der Waals surface area contributed by atoms with Gasteiger partial charge in [0.15, 0.2) is 0 Å². The predicted molar refractivity (Wildman–Crippen MR) is 56.6 cm³/mol. The predicted octanol–water partition coefficient (Wildman–Crippen LogP) is 2.13. The quantitative estimate of drug-likeness (QED) is 0.661. The molecule has 0 radical (unpaired) electrons. The van der Waals surface area contributed by atoms with Gasteiger partial charge in [-0.3, -0.25) is 4.90 Å². The lowest BCUT2D eigenvalue weighted by Crippen LogP contribution is -2.47. The highest BCUT2D eigenvalue weighted by Gasteiger charge is 2.38. The normalized spacial score (nSPS) is 47.0. The third-order valence-corrected chi connectivity index (χ3v) is 4.18. The first-order valence-electron chi connectivity index (χ1n) is 6.35. The van der Waals surface area contributed by atoms with Gasteiger partial charge in [-0.1, -0.05) is 0 Å². The number of alkyl halides is 1. The summed E-state index contributed by atoms with van der Waals surface area (Å²) in [5.41, 5.74) is 0. The fourth-order valence-electron chi connectivity index (χ4n) is 3.41. The van der Waals surface area contributed by atoms with Crippen LogP contribution in [0.25, 0.3) is 0 Å². The number of fused-ring (bicyclic) bond motifs is 2. The first-order chi connectivity index (χ1) is 7.31. The molecule has 0 saturated carbocycles. The van der Waals surface area contributed by atoms with Crippen LogP contribution in [0.3, 0.4) is 0 Å². The maximum Gasteiger partial charge on any atom is 0.113 e. The van der Waals surface area contributed by atoms with Crippen molar-refractivity contribution < 1.29 is 9.13 Å². The van der Waals surface area contributed by atoms with E-state index in [9.17, 15) is 4.39 Å². The van der Waals surface area contributed by atoms with E-state index in [2.05, 4.69) is 4.90 Å². The molecule has 2 unspecified atom stereocenters. The second-order valence-corrected chi connectivity index (χ2v) is 5.32. The van der Waals surface area contributed by atoms with Gasteiger partial charge in [0.1, 0.15) is 6.17 Å². The molecule has 2 nitrogen and oxygen atoms in total. The highest BCUT2D eigenvalue weighted by molar-refractivity contribution is 4.90. The summed E-state index contributed by atoms with van der Waals surface area (Å²) in [6.45, 7) is 1.77. The van der Waals surface area contributed by atoms with Gasteiger partial charge in [0.25, 0.3) is 0 Å². The third-order valence-electron chi connectivity index (χ3n) is 4.18. The van der Waals surface area contributed by atoms with Crippen molar-refractivity contribution >= 4 is 0 Å². The molecule has 0 spiro atoms.